The fourth-order valence-corrected chi connectivity index (χ4v) is 3.50. The number of carbonyl (C=O) groups excluding carboxylic acids is 1. The maximum absolute atomic E-state index is 12.4. The Morgan fingerprint density at radius 2 is 1.95 bits per heavy atom. The maximum atomic E-state index is 12.4. The van der Waals surface area contributed by atoms with Gasteiger partial charge in [-0.25, -0.2) is 0 Å². The van der Waals surface area contributed by atoms with Crippen LogP contribution in [-0.4, -0.2) is 20.7 Å². The standard InChI is InChI=1S/C16H20N4OS/c1-16(9-3-4-10-16)14(21)18-12-5-7-13(8-6-12)22-15-19-17-11-20(15)2/h5-8,11H,3-4,9-10H2,1-2H3,(H,18,21). The van der Waals surface area contributed by atoms with Gasteiger partial charge in [0.05, 0.1) is 0 Å². The number of benzene rings is 1. The quantitative estimate of drug-likeness (QED) is 0.938. The molecule has 6 heteroatoms. The number of aromatic nitrogens is 3. The second kappa shape index (κ2) is 6.12. The molecule has 1 N–H and O–H groups in total. The van der Waals surface area contributed by atoms with Crippen molar-refractivity contribution in [1.29, 1.82) is 0 Å². The smallest absolute Gasteiger partial charge is 0.230 e. The molecule has 1 fully saturated rings. The lowest BCUT2D eigenvalue weighted by molar-refractivity contribution is -0.124. The molecule has 0 atom stereocenters. The molecule has 1 heterocycles. The average molecular weight is 316 g/mol. The van der Waals surface area contributed by atoms with Crippen LogP contribution in [0.4, 0.5) is 5.69 Å². The summed E-state index contributed by atoms with van der Waals surface area (Å²) < 4.78 is 1.88. The SMILES string of the molecule is Cn1cnnc1Sc1ccc(NC(=O)C2(C)CCCC2)cc1. The minimum Gasteiger partial charge on any atom is -0.326 e. The van der Waals surface area contributed by atoms with Crippen LogP contribution in [0.3, 0.4) is 0 Å². The van der Waals surface area contributed by atoms with Crippen molar-refractivity contribution >= 4 is 23.4 Å². The monoisotopic (exact) mass is 316 g/mol. The molecule has 0 aliphatic heterocycles. The second-order valence-electron chi connectivity index (χ2n) is 6.07. The Balaban J connectivity index is 1.64. The number of rotatable bonds is 4. The number of anilines is 1. The zero-order chi connectivity index (χ0) is 15.6. The van der Waals surface area contributed by atoms with Gasteiger partial charge in [-0.05, 0) is 48.9 Å². The zero-order valence-corrected chi connectivity index (χ0v) is 13.7. The lowest BCUT2D eigenvalue weighted by Crippen LogP contribution is -2.30. The summed E-state index contributed by atoms with van der Waals surface area (Å²) in [6.45, 7) is 2.06. The molecule has 1 aliphatic carbocycles. The summed E-state index contributed by atoms with van der Waals surface area (Å²) in [5.41, 5.74) is 0.645. The van der Waals surface area contributed by atoms with Crippen LogP contribution in [0.15, 0.2) is 40.6 Å². The van der Waals surface area contributed by atoms with Gasteiger partial charge in [0, 0.05) is 23.0 Å². The second-order valence-corrected chi connectivity index (χ2v) is 7.11. The molecule has 0 bridgehead atoms. The molecule has 116 valence electrons. The number of amides is 1. The van der Waals surface area contributed by atoms with Crippen molar-refractivity contribution < 1.29 is 4.79 Å². The Kier molecular flexibility index (Phi) is 4.20. The predicted molar refractivity (Wildman–Crippen MR) is 86.8 cm³/mol. The third kappa shape index (κ3) is 3.16. The highest BCUT2D eigenvalue weighted by Gasteiger charge is 2.36. The Morgan fingerprint density at radius 1 is 1.27 bits per heavy atom. The van der Waals surface area contributed by atoms with E-state index in [4.69, 9.17) is 0 Å². The molecule has 0 radical (unpaired) electrons. The molecule has 5 nitrogen and oxygen atoms in total. The van der Waals surface area contributed by atoms with Crippen molar-refractivity contribution in [3.8, 4) is 0 Å². The first-order valence-corrected chi connectivity index (χ1v) is 8.32. The van der Waals surface area contributed by atoms with Gasteiger partial charge >= 0.3 is 0 Å². The minimum atomic E-state index is -0.202. The first kappa shape index (κ1) is 15.1. The van der Waals surface area contributed by atoms with Crippen LogP contribution in [0.2, 0.25) is 0 Å². The van der Waals surface area contributed by atoms with Gasteiger partial charge in [0.15, 0.2) is 5.16 Å². The van der Waals surface area contributed by atoms with E-state index in [2.05, 4.69) is 22.4 Å². The molecule has 1 aromatic heterocycles. The highest BCUT2D eigenvalue weighted by molar-refractivity contribution is 7.99. The summed E-state index contributed by atoms with van der Waals surface area (Å²) in [5, 5.41) is 11.8. The van der Waals surface area contributed by atoms with Gasteiger partial charge in [0.25, 0.3) is 0 Å². The Morgan fingerprint density at radius 3 is 2.55 bits per heavy atom. The molecule has 1 amide bonds. The van der Waals surface area contributed by atoms with Gasteiger partial charge < -0.3 is 9.88 Å². The number of carbonyl (C=O) groups is 1. The van der Waals surface area contributed by atoms with E-state index in [1.54, 1.807) is 18.1 Å². The summed E-state index contributed by atoms with van der Waals surface area (Å²) in [4.78, 5) is 13.5. The van der Waals surface area contributed by atoms with Crippen LogP contribution < -0.4 is 5.32 Å². The normalized spacial score (nSPS) is 16.6. The summed E-state index contributed by atoms with van der Waals surface area (Å²) >= 11 is 1.55. The number of hydrogen-bond acceptors (Lipinski definition) is 4. The molecular weight excluding hydrogens is 296 g/mol. The van der Waals surface area contributed by atoms with E-state index in [1.807, 2.05) is 35.9 Å². The van der Waals surface area contributed by atoms with Crippen molar-refractivity contribution in [2.45, 2.75) is 42.7 Å². The van der Waals surface area contributed by atoms with Crippen LogP contribution in [0.25, 0.3) is 0 Å². The Hall–Kier alpha value is -1.82. The molecule has 0 saturated heterocycles. The van der Waals surface area contributed by atoms with E-state index in [-0.39, 0.29) is 11.3 Å². The summed E-state index contributed by atoms with van der Waals surface area (Å²) in [7, 11) is 1.92. The fraction of sp³-hybridized carbons (Fsp3) is 0.438. The van der Waals surface area contributed by atoms with E-state index >= 15 is 0 Å². The molecule has 1 aliphatic rings. The van der Waals surface area contributed by atoms with Crippen LogP contribution in [0, 0.1) is 5.41 Å². The summed E-state index contributed by atoms with van der Waals surface area (Å²) in [6, 6.07) is 7.86. The van der Waals surface area contributed by atoms with E-state index in [0.29, 0.717) is 0 Å². The van der Waals surface area contributed by atoms with Crippen molar-refractivity contribution in [3.05, 3.63) is 30.6 Å². The van der Waals surface area contributed by atoms with E-state index in [1.165, 1.54) is 0 Å². The molecule has 22 heavy (non-hydrogen) atoms. The van der Waals surface area contributed by atoms with Gasteiger partial charge in [-0.3, -0.25) is 4.79 Å². The van der Waals surface area contributed by atoms with E-state index in [0.717, 1.165) is 41.4 Å². The molecule has 0 unspecified atom stereocenters. The first-order chi connectivity index (χ1) is 10.6. The highest BCUT2D eigenvalue weighted by Crippen LogP contribution is 2.38. The maximum Gasteiger partial charge on any atom is 0.230 e. The van der Waals surface area contributed by atoms with Crippen molar-refractivity contribution in [3.63, 3.8) is 0 Å². The van der Waals surface area contributed by atoms with Gasteiger partial charge in [0.2, 0.25) is 5.91 Å². The van der Waals surface area contributed by atoms with Crippen LogP contribution in [0.1, 0.15) is 32.6 Å². The number of aryl methyl sites for hydroxylation is 1. The summed E-state index contributed by atoms with van der Waals surface area (Å²) in [6.07, 6.45) is 5.95. The molecule has 1 saturated carbocycles. The summed E-state index contributed by atoms with van der Waals surface area (Å²) in [5.74, 6) is 0.138. The van der Waals surface area contributed by atoms with Crippen LogP contribution in [0.5, 0.6) is 0 Å². The first-order valence-electron chi connectivity index (χ1n) is 7.50. The topological polar surface area (TPSA) is 59.8 Å². The molecular formula is C16H20N4OS. The van der Waals surface area contributed by atoms with Crippen molar-refractivity contribution in [2.75, 3.05) is 5.32 Å². The van der Waals surface area contributed by atoms with Crippen LogP contribution >= 0.6 is 11.8 Å². The van der Waals surface area contributed by atoms with E-state index < -0.39 is 0 Å². The van der Waals surface area contributed by atoms with Crippen LogP contribution in [-0.2, 0) is 11.8 Å². The number of hydrogen-bond donors (Lipinski definition) is 1. The van der Waals surface area contributed by atoms with Crippen molar-refractivity contribution in [2.24, 2.45) is 12.5 Å². The largest absolute Gasteiger partial charge is 0.326 e. The molecule has 0 spiro atoms. The Labute approximate surface area is 134 Å². The third-order valence-corrected chi connectivity index (χ3v) is 5.31. The number of nitrogens with one attached hydrogen (secondary N) is 1. The lowest BCUT2D eigenvalue weighted by atomic mass is 9.88. The third-order valence-electron chi connectivity index (χ3n) is 4.25. The molecule has 3 rings (SSSR count). The average Bonchev–Trinajstić information content (AvgIpc) is 3.11. The van der Waals surface area contributed by atoms with Gasteiger partial charge in [-0.2, -0.15) is 0 Å². The van der Waals surface area contributed by atoms with Gasteiger partial charge in [-0.1, -0.05) is 19.8 Å². The Bertz CT molecular complexity index is 659. The number of nitrogens with zero attached hydrogens (tertiary/aromatic N) is 3. The zero-order valence-electron chi connectivity index (χ0n) is 12.9. The minimum absolute atomic E-state index is 0.138. The predicted octanol–water partition coefficient (Wildman–Crippen LogP) is 3.49. The molecule has 1 aromatic carbocycles. The van der Waals surface area contributed by atoms with Crippen molar-refractivity contribution in [1.82, 2.24) is 14.8 Å². The van der Waals surface area contributed by atoms with Gasteiger partial charge in [0.1, 0.15) is 6.33 Å². The lowest BCUT2D eigenvalue weighted by Gasteiger charge is -2.22. The highest BCUT2D eigenvalue weighted by atomic mass is 32.2. The van der Waals surface area contributed by atoms with Gasteiger partial charge in [-0.15, -0.1) is 10.2 Å². The molecule has 2 aromatic rings. The fourth-order valence-electron chi connectivity index (χ4n) is 2.74. The van der Waals surface area contributed by atoms with E-state index in [9.17, 15) is 4.79 Å².